The van der Waals surface area contributed by atoms with Crippen LogP contribution in [0.4, 0.5) is 0 Å². The predicted octanol–water partition coefficient (Wildman–Crippen LogP) is 4.07. The van der Waals surface area contributed by atoms with Gasteiger partial charge in [-0.2, -0.15) is 0 Å². The van der Waals surface area contributed by atoms with E-state index >= 15 is 0 Å². The van der Waals surface area contributed by atoms with E-state index in [0.29, 0.717) is 24.4 Å². The fourth-order valence-electron chi connectivity index (χ4n) is 3.72. The molecule has 1 atom stereocenters. The second-order valence-electron chi connectivity index (χ2n) is 6.73. The molecule has 1 N–H and O–H groups in total. The third kappa shape index (κ3) is 2.75. The minimum atomic E-state index is -0.932. The number of fused-ring (bicyclic) bond motifs is 1. The summed E-state index contributed by atoms with van der Waals surface area (Å²) in [5, 5.41) is 10.3. The van der Waals surface area contributed by atoms with E-state index in [2.05, 4.69) is 0 Å². The largest absolute Gasteiger partial charge is 0.478 e. The topological polar surface area (TPSA) is 70.8 Å². The van der Waals surface area contributed by atoms with Crippen molar-refractivity contribution < 1.29 is 19.1 Å². The van der Waals surface area contributed by atoms with Crippen LogP contribution in [0, 0.1) is 6.92 Å². The van der Waals surface area contributed by atoms with Gasteiger partial charge in [-0.1, -0.05) is 36.4 Å². The first-order chi connectivity index (χ1) is 12.5. The molecule has 0 saturated carbocycles. The fourth-order valence-corrected chi connectivity index (χ4v) is 3.72. The lowest BCUT2D eigenvalue weighted by molar-refractivity contribution is 0.0695. The van der Waals surface area contributed by atoms with Gasteiger partial charge in [-0.3, -0.25) is 4.79 Å². The number of benzene rings is 2. The second kappa shape index (κ2) is 6.33. The van der Waals surface area contributed by atoms with Crippen LogP contribution < -0.4 is 0 Å². The second-order valence-corrected chi connectivity index (χ2v) is 6.73. The average molecular weight is 349 g/mol. The van der Waals surface area contributed by atoms with Crippen molar-refractivity contribution in [2.45, 2.75) is 19.3 Å². The molecule has 1 unspecified atom stereocenters. The van der Waals surface area contributed by atoms with E-state index < -0.39 is 5.97 Å². The molecule has 5 nitrogen and oxygen atoms in total. The summed E-state index contributed by atoms with van der Waals surface area (Å²) < 4.78 is 5.79. The van der Waals surface area contributed by atoms with Crippen LogP contribution in [0.2, 0.25) is 0 Å². The van der Waals surface area contributed by atoms with Crippen molar-refractivity contribution in [3.63, 3.8) is 0 Å². The van der Waals surface area contributed by atoms with Crippen molar-refractivity contribution in [2.75, 3.05) is 13.1 Å². The molecule has 132 valence electrons. The van der Waals surface area contributed by atoms with Crippen LogP contribution in [0.25, 0.3) is 11.0 Å². The highest BCUT2D eigenvalue weighted by molar-refractivity contribution is 5.97. The molecule has 1 fully saturated rings. The summed E-state index contributed by atoms with van der Waals surface area (Å²) in [4.78, 5) is 26.0. The maximum atomic E-state index is 12.8. The van der Waals surface area contributed by atoms with E-state index in [0.717, 1.165) is 28.5 Å². The lowest BCUT2D eigenvalue weighted by atomic mass is 9.93. The Bertz CT molecular complexity index is 1000. The zero-order valence-electron chi connectivity index (χ0n) is 14.4. The van der Waals surface area contributed by atoms with Gasteiger partial charge >= 0.3 is 5.97 Å². The number of nitrogens with zero attached hydrogens (tertiary/aromatic N) is 1. The van der Waals surface area contributed by atoms with Crippen molar-refractivity contribution in [3.8, 4) is 0 Å². The van der Waals surface area contributed by atoms with Crippen LogP contribution in [0.1, 0.15) is 44.4 Å². The van der Waals surface area contributed by atoms with Gasteiger partial charge in [0.1, 0.15) is 5.58 Å². The van der Waals surface area contributed by atoms with Crippen LogP contribution >= 0.6 is 0 Å². The zero-order valence-corrected chi connectivity index (χ0v) is 14.4. The Morgan fingerprint density at radius 1 is 1.15 bits per heavy atom. The summed E-state index contributed by atoms with van der Waals surface area (Å²) in [6, 6.07) is 14.6. The summed E-state index contributed by atoms with van der Waals surface area (Å²) in [6.45, 7) is 3.04. The van der Waals surface area contributed by atoms with Crippen LogP contribution in [0.15, 0.2) is 52.9 Å². The van der Waals surface area contributed by atoms with Gasteiger partial charge < -0.3 is 14.4 Å². The molecule has 1 amide bonds. The van der Waals surface area contributed by atoms with Gasteiger partial charge in [0.2, 0.25) is 0 Å². The van der Waals surface area contributed by atoms with E-state index in [-0.39, 0.29) is 11.8 Å². The highest BCUT2D eigenvalue weighted by Gasteiger charge is 2.31. The van der Waals surface area contributed by atoms with Gasteiger partial charge in [0.25, 0.3) is 5.91 Å². The zero-order chi connectivity index (χ0) is 18.3. The van der Waals surface area contributed by atoms with Crippen LogP contribution in [0.5, 0.6) is 0 Å². The third-order valence-corrected chi connectivity index (χ3v) is 5.06. The predicted molar refractivity (Wildman–Crippen MR) is 97.6 cm³/mol. The molecule has 1 saturated heterocycles. The number of amides is 1. The molecule has 0 spiro atoms. The number of hydrogen-bond donors (Lipinski definition) is 1. The first kappa shape index (κ1) is 16.4. The Morgan fingerprint density at radius 2 is 1.96 bits per heavy atom. The van der Waals surface area contributed by atoms with E-state index in [4.69, 9.17) is 4.42 Å². The molecule has 1 aliphatic heterocycles. The quantitative estimate of drug-likeness (QED) is 0.774. The summed E-state index contributed by atoms with van der Waals surface area (Å²) in [5.41, 5.74) is 2.83. The average Bonchev–Trinajstić information content (AvgIpc) is 3.29. The normalized spacial score (nSPS) is 17.0. The van der Waals surface area contributed by atoms with E-state index in [1.54, 1.807) is 23.1 Å². The molecular formula is C21H19NO4. The molecule has 2 heterocycles. The third-order valence-electron chi connectivity index (χ3n) is 5.06. The number of carbonyl (C=O) groups is 2. The first-order valence-electron chi connectivity index (χ1n) is 8.65. The Labute approximate surface area is 150 Å². The summed E-state index contributed by atoms with van der Waals surface area (Å²) in [5.74, 6) is -0.715. The van der Waals surface area contributed by atoms with E-state index in [1.807, 2.05) is 37.3 Å². The molecule has 0 bridgehead atoms. The van der Waals surface area contributed by atoms with E-state index in [9.17, 15) is 14.7 Å². The van der Waals surface area contributed by atoms with Gasteiger partial charge in [0.05, 0.1) is 5.56 Å². The van der Waals surface area contributed by atoms with Crippen molar-refractivity contribution in [2.24, 2.45) is 0 Å². The molecule has 3 aromatic rings. The summed E-state index contributed by atoms with van der Waals surface area (Å²) >= 11 is 0. The molecular weight excluding hydrogens is 330 g/mol. The van der Waals surface area contributed by atoms with Crippen molar-refractivity contribution in [1.29, 1.82) is 0 Å². The number of carboxylic acid groups (broad SMARTS) is 1. The standard InChI is InChI=1S/C21H19NO4/c1-13-5-4-6-14-11-18(26-19(13)14)20(23)22-10-9-15(12-22)16-7-2-3-8-17(16)21(24)25/h2-8,11,15H,9-10,12H2,1H3,(H,24,25). The van der Waals surface area contributed by atoms with Gasteiger partial charge in [-0.25, -0.2) is 4.79 Å². The summed E-state index contributed by atoms with van der Waals surface area (Å²) in [7, 11) is 0. The Kier molecular flexibility index (Phi) is 3.99. The molecule has 4 rings (SSSR count). The van der Waals surface area contributed by atoms with Crippen LogP contribution in [-0.4, -0.2) is 35.0 Å². The van der Waals surface area contributed by atoms with Crippen molar-refractivity contribution in [1.82, 2.24) is 4.90 Å². The van der Waals surface area contributed by atoms with Gasteiger partial charge in [0.15, 0.2) is 5.76 Å². The van der Waals surface area contributed by atoms with Crippen molar-refractivity contribution >= 4 is 22.8 Å². The number of hydrogen-bond acceptors (Lipinski definition) is 3. The SMILES string of the molecule is Cc1cccc2cc(C(=O)N3CCC(c4ccccc4C(=O)O)C3)oc12. The first-order valence-corrected chi connectivity index (χ1v) is 8.65. The molecule has 0 aliphatic carbocycles. The van der Waals surface area contributed by atoms with Gasteiger partial charge in [-0.15, -0.1) is 0 Å². The number of aryl methyl sites for hydroxylation is 1. The van der Waals surface area contributed by atoms with Crippen LogP contribution in [-0.2, 0) is 0 Å². The number of carboxylic acids is 1. The van der Waals surface area contributed by atoms with E-state index in [1.165, 1.54) is 0 Å². The Morgan fingerprint density at radius 3 is 2.73 bits per heavy atom. The van der Waals surface area contributed by atoms with Gasteiger partial charge in [0, 0.05) is 24.4 Å². The molecule has 1 aromatic heterocycles. The molecule has 2 aromatic carbocycles. The lowest BCUT2D eigenvalue weighted by Crippen LogP contribution is -2.28. The molecule has 26 heavy (non-hydrogen) atoms. The number of carbonyl (C=O) groups excluding carboxylic acids is 1. The summed E-state index contributed by atoms with van der Waals surface area (Å²) in [6.07, 6.45) is 0.745. The highest BCUT2D eigenvalue weighted by Crippen LogP contribution is 2.31. The minimum absolute atomic E-state index is 0.0253. The maximum Gasteiger partial charge on any atom is 0.335 e. The molecule has 0 radical (unpaired) electrons. The lowest BCUT2D eigenvalue weighted by Gasteiger charge is -2.16. The number of rotatable bonds is 3. The smallest absolute Gasteiger partial charge is 0.335 e. The van der Waals surface area contributed by atoms with Crippen LogP contribution in [0.3, 0.4) is 0 Å². The maximum absolute atomic E-state index is 12.8. The monoisotopic (exact) mass is 349 g/mol. The molecule has 1 aliphatic rings. The van der Waals surface area contributed by atoms with Gasteiger partial charge in [-0.05, 0) is 36.6 Å². The number of para-hydroxylation sites is 1. The highest BCUT2D eigenvalue weighted by atomic mass is 16.4. The van der Waals surface area contributed by atoms with Crippen molar-refractivity contribution in [3.05, 3.63) is 71.0 Å². The molecule has 5 heteroatoms. The Balaban J connectivity index is 1.57. The number of likely N-dealkylation sites (tertiary alicyclic amines) is 1. The number of aromatic carboxylic acids is 1. The Hall–Kier alpha value is -3.08. The number of furan rings is 1. The fraction of sp³-hybridized carbons (Fsp3) is 0.238. The minimum Gasteiger partial charge on any atom is -0.478 e.